The van der Waals surface area contributed by atoms with Gasteiger partial charge in [0, 0.05) is 12.6 Å². The average molecular weight is 263 g/mol. The Morgan fingerprint density at radius 2 is 1.88 bits per heavy atom. The molecule has 1 fully saturated rings. The number of hydrogen-bond donors (Lipinski definition) is 2. The molecule has 1 aliphatic rings. The summed E-state index contributed by atoms with van der Waals surface area (Å²) in [6.07, 6.45) is 4.08. The standard InChI is InChI=1S/C12H25NO3S/c1-10-5-6-12(9-11(10)2)13-17(15,16)8-4-3-7-14/h10-14H,3-9H2,1-2H3. The molecule has 102 valence electrons. The number of aliphatic hydroxyl groups excluding tert-OH is 1. The van der Waals surface area contributed by atoms with Gasteiger partial charge in [0.1, 0.15) is 0 Å². The highest BCUT2D eigenvalue weighted by molar-refractivity contribution is 7.89. The lowest BCUT2D eigenvalue weighted by Crippen LogP contribution is -2.40. The van der Waals surface area contributed by atoms with Gasteiger partial charge in [0.05, 0.1) is 5.75 Å². The van der Waals surface area contributed by atoms with E-state index in [1.807, 2.05) is 0 Å². The summed E-state index contributed by atoms with van der Waals surface area (Å²) in [6.45, 7) is 4.49. The number of nitrogens with one attached hydrogen (secondary N) is 1. The van der Waals surface area contributed by atoms with Gasteiger partial charge in [0.15, 0.2) is 0 Å². The maximum Gasteiger partial charge on any atom is 0.211 e. The second kappa shape index (κ2) is 6.71. The van der Waals surface area contributed by atoms with E-state index >= 15 is 0 Å². The van der Waals surface area contributed by atoms with Crippen molar-refractivity contribution in [1.82, 2.24) is 4.72 Å². The molecule has 2 N–H and O–H groups in total. The molecule has 17 heavy (non-hydrogen) atoms. The lowest BCUT2D eigenvalue weighted by atomic mass is 9.79. The van der Waals surface area contributed by atoms with Gasteiger partial charge in [-0.25, -0.2) is 13.1 Å². The Balaban J connectivity index is 2.37. The van der Waals surface area contributed by atoms with Crippen molar-refractivity contribution in [2.24, 2.45) is 11.8 Å². The van der Waals surface area contributed by atoms with E-state index in [2.05, 4.69) is 18.6 Å². The summed E-state index contributed by atoms with van der Waals surface area (Å²) in [5.41, 5.74) is 0. The van der Waals surface area contributed by atoms with E-state index in [1.54, 1.807) is 0 Å². The first kappa shape index (κ1) is 14.9. The molecule has 5 heteroatoms. The second-order valence-corrected chi connectivity index (χ2v) is 7.21. The zero-order chi connectivity index (χ0) is 12.9. The molecular formula is C12H25NO3S. The smallest absolute Gasteiger partial charge is 0.211 e. The summed E-state index contributed by atoms with van der Waals surface area (Å²) < 4.78 is 26.3. The Morgan fingerprint density at radius 1 is 1.18 bits per heavy atom. The monoisotopic (exact) mass is 263 g/mol. The van der Waals surface area contributed by atoms with Crippen LogP contribution in [0, 0.1) is 11.8 Å². The van der Waals surface area contributed by atoms with E-state index in [9.17, 15) is 8.42 Å². The van der Waals surface area contributed by atoms with Crippen LogP contribution in [0.3, 0.4) is 0 Å². The molecule has 0 amide bonds. The second-order valence-electron chi connectivity index (χ2n) is 5.33. The Hall–Kier alpha value is -0.130. The Kier molecular flexibility index (Phi) is 5.89. The molecule has 0 aromatic carbocycles. The van der Waals surface area contributed by atoms with Gasteiger partial charge in [0.2, 0.25) is 10.0 Å². The van der Waals surface area contributed by atoms with Crippen LogP contribution in [0.4, 0.5) is 0 Å². The van der Waals surface area contributed by atoms with Crippen molar-refractivity contribution in [2.75, 3.05) is 12.4 Å². The third kappa shape index (κ3) is 5.36. The molecule has 3 atom stereocenters. The van der Waals surface area contributed by atoms with E-state index in [1.165, 1.54) is 0 Å². The molecule has 1 aliphatic carbocycles. The predicted octanol–water partition coefficient (Wildman–Crippen LogP) is 1.50. The van der Waals surface area contributed by atoms with E-state index < -0.39 is 10.0 Å². The zero-order valence-electron chi connectivity index (χ0n) is 10.9. The van der Waals surface area contributed by atoms with E-state index in [4.69, 9.17) is 5.11 Å². The maximum absolute atomic E-state index is 11.8. The third-order valence-corrected chi connectivity index (χ3v) is 5.28. The first-order chi connectivity index (χ1) is 7.94. The Morgan fingerprint density at radius 3 is 2.47 bits per heavy atom. The van der Waals surface area contributed by atoms with Crippen LogP contribution in [-0.2, 0) is 10.0 Å². The predicted molar refractivity (Wildman–Crippen MR) is 69.2 cm³/mol. The molecule has 1 rings (SSSR count). The molecule has 3 unspecified atom stereocenters. The van der Waals surface area contributed by atoms with Crippen molar-refractivity contribution in [3.8, 4) is 0 Å². The van der Waals surface area contributed by atoms with Crippen LogP contribution in [0.15, 0.2) is 0 Å². The van der Waals surface area contributed by atoms with Gasteiger partial charge in [-0.15, -0.1) is 0 Å². The normalized spacial score (nSPS) is 30.4. The average Bonchev–Trinajstić information content (AvgIpc) is 2.23. The van der Waals surface area contributed by atoms with Crippen molar-refractivity contribution in [3.63, 3.8) is 0 Å². The summed E-state index contributed by atoms with van der Waals surface area (Å²) in [7, 11) is -3.16. The maximum atomic E-state index is 11.8. The molecule has 0 saturated heterocycles. The van der Waals surface area contributed by atoms with Crippen molar-refractivity contribution in [1.29, 1.82) is 0 Å². The van der Waals surface area contributed by atoms with Gasteiger partial charge in [-0.3, -0.25) is 0 Å². The molecule has 4 nitrogen and oxygen atoms in total. The number of hydrogen-bond acceptors (Lipinski definition) is 3. The van der Waals surface area contributed by atoms with Gasteiger partial charge < -0.3 is 5.11 Å². The van der Waals surface area contributed by atoms with Crippen molar-refractivity contribution >= 4 is 10.0 Å². The quantitative estimate of drug-likeness (QED) is 0.714. The largest absolute Gasteiger partial charge is 0.396 e. The minimum Gasteiger partial charge on any atom is -0.396 e. The summed E-state index contributed by atoms with van der Waals surface area (Å²) in [5.74, 6) is 1.42. The van der Waals surface area contributed by atoms with Crippen LogP contribution < -0.4 is 4.72 Å². The first-order valence-corrected chi connectivity index (χ1v) is 8.20. The van der Waals surface area contributed by atoms with Crippen LogP contribution in [-0.4, -0.2) is 31.9 Å². The Labute approximate surface area is 105 Å². The Bertz CT molecular complexity index is 316. The van der Waals surface area contributed by atoms with Gasteiger partial charge in [-0.2, -0.15) is 0 Å². The van der Waals surface area contributed by atoms with Gasteiger partial charge in [0.25, 0.3) is 0 Å². The number of sulfonamides is 1. The van der Waals surface area contributed by atoms with E-state index in [0.29, 0.717) is 24.7 Å². The third-order valence-electron chi connectivity index (χ3n) is 3.77. The molecule has 0 aromatic rings. The minimum atomic E-state index is -3.16. The van der Waals surface area contributed by atoms with Crippen LogP contribution in [0.25, 0.3) is 0 Å². The van der Waals surface area contributed by atoms with Crippen LogP contribution in [0.5, 0.6) is 0 Å². The topological polar surface area (TPSA) is 66.4 Å². The molecular weight excluding hydrogens is 238 g/mol. The fourth-order valence-corrected chi connectivity index (χ4v) is 3.80. The summed E-state index contributed by atoms with van der Waals surface area (Å²) in [4.78, 5) is 0. The van der Waals surface area contributed by atoms with Crippen molar-refractivity contribution in [2.45, 2.75) is 52.0 Å². The zero-order valence-corrected chi connectivity index (χ0v) is 11.7. The molecule has 0 bridgehead atoms. The number of rotatable bonds is 6. The summed E-state index contributed by atoms with van der Waals surface area (Å²) in [6, 6.07) is 0.111. The SMILES string of the molecule is CC1CCC(NS(=O)(=O)CCCCO)CC1C. The molecule has 0 aliphatic heterocycles. The lowest BCUT2D eigenvalue weighted by molar-refractivity contribution is 0.241. The van der Waals surface area contributed by atoms with Gasteiger partial charge in [-0.05, 0) is 43.9 Å². The summed E-state index contributed by atoms with van der Waals surface area (Å²) >= 11 is 0. The van der Waals surface area contributed by atoms with E-state index in [-0.39, 0.29) is 18.4 Å². The molecule has 0 aromatic heterocycles. The molecule has 1 saturated carbocycles. The molecule has 0 heterocycles. The summed E-state index contributed by atoms with van der Waals surface area (Å²) in [5, 5.41) is 8.63. The molecule has 0 spiro atoms. The minimum absolute atomic E-state index is 0.0630. The van der Waals surface area contributed by atoms with E-state index in [0.717, 1.165) is 19.3 Å². The first-order valence-electron chi connectivity index (χ1n) is 6.55. The van der Waals surface area contributed by atoms with Crippen LogP contribution in [0.2, 0.25) is 0 Å². The van der Waals surface area contributed by atoms with Crippen LogP contribution >= 0.6 is 0 Å². The number of unbranched alkanes of at least 4 members (excludes halogenated alkanes) is 1. The fourth-order valence-electron chi connectivity index (χ4n) is 2.37. The molecule has 0 radical (unpaired) electrons. The fraction of sp³-hybridized carbons (Fsp3) is 1.00. The van der Waals surface area contributed by atoms with Crippen molar-refractivity contribution < 1.29 is 13.5 Å². The van der Waals surface area contributed by atoms with Crippen molar-refractivity contribution in [3.05, 3.63) is 0 Å². The van der Waals surface area contributed by atoms with Gasteiger partial charge >= 0.3 is 0 Å². The van der Waals surface area contributed by atoms with Gasteiger partial charge in [-0.1, -0.05) is 13.8 Å². The number of aliphatic hydroxyl groups is 1. The highest BCUT2D eigenvalue weighted by Crippen LogP contribution is 2.29. The highest BCUT2D eigenvalue weighted by atomic mass is 32.2. The van der Waals surface area contributed by atoms with Crippen LogP contribution in [0.1, 0.15) is 46.0 Å². The lowest BCUT2D eigenvalue weighted by Gasteiger charge is -2.32. The highest BCUT2D eigenvalue weighted by Gasteiger charge is 2.27.